The van der Waals surface area contributed by atoms with Crippen molar-refractivity contribution in [2.45, 2.75) is 12.5 Å². The second kappa shape index (κ2) is 4.93. The molecule has 3 heteroatoms. The first-order valence-corrected chi connectivity index (χ1v) is 6.70. The molecule has 1 aliphatic rings. The van der Waals surface area contributed by atoms with Crippen LogP contribution in [0.1, 0.15) is 18.1 Å². The standard InChI is InChI=1S/C16H19NO2/c17-10-16(7-8-19-11-16)15(18)14-6-5-12-3-1-2-4-13(12)9-14/h1-6,9,15,18H,7-8,10-11,17H2. The van der Waals surface area contributed by atoms with Crippen LogP contribution in [-0.2, 0) is 4.74 Å². The first kappa shape index (κ1) is 12.6. The second-order valence-corrected chi connectivity index (χ2v) is 5.38. The quantitative estimate of drug-likeness (QED) is 0.886. The number of benzene rings is 2. The SMILES string of the molecule is NCC1(C(O)c2ccc3ccccc3c2)CCOC1. The lowest BCUT2D eigenvalue weighted by Crippen LogP contribution is -2.37. The first-order valence-electron chi connectivity index (χ1n) is 6.70. The van der Waals surface area contributed by atoms with E-state index in [2.05, 4.69) is 18.2 Å². The Hall–Kier alpha value is -1.42. The van der Waals surface area contributed by atoms with Gasteiger partial charge in [0.1, 0.15) is 0 Å². The molecule has 3 N–H and O–H groups in total. The van der Waals surface area contributed by atoms with Crippen LogP contribution in [0.2, 0.25) is 0 Å². The Morgan fingerprint density at radius 1 is 1.21 bits per heavy atom. The molecule has 0 aliphatic carbocycles. The fourth-order valence-electron chi connectivity index (χ4n) is 2.84. The normalized spacial score (nSPS) is 24.7. The zero-order chi connectivity index (χ0) is 13.3. The summed E-state index contributed by atoms with van der Waals surface area (Å²) in [7, 11) is 0. The van der Waals surface area contributed by atoms with E-state index in [0.29, 0.717) is 19.8 Å². The molecular weight excluding hydrogens is 238 g/mol. The topological polar surface area (TPSA) is 55.5 Å². The highest BCUT2D eigenvalue weighted by Gasteiger charge is 2.41. The summed E-state index contributed by atoms with van der Waals surface area (Å²) in [5, 5.41) is 13.0. The highest BCUT2D eigenvalue weighted by Crippen LogP contribution is 2.40. The van der Waals surface area contributed by atoms with Crippen LogP contribution >= 0.6 is 0 Å². The van der Waals surface area contributed by atoms with Crippen molar-refractivity contribution in [2.75, 3.05) is 19.8 Å². The molecule has 1 aliphatic heterocycles. The van der Waals surface area contributed by atoms with Gasteiger partial charge in [-0.15, -0.1) is 0 Å². The molecular formula is C16H19NO2. The summed E-state index contributed by atoms with van der Waals surface area (Å²) in [6, 6.07) is 14.3. The largest absolute Gasteiger partial charge is 0.388 e. The number of rotatable bonds is 3. The van der Waals surface area contributed by atoms with Gasteiger partial charge in [-0.05, 0) is 28.8 Å². The van der Waals surface area contributed by atoms with Gasteiger partial charge in [-0.1, -0.05) is 36.4 Å². The van der Waals surface area contributed by atoms with Crippen molar-refractivity contribution in [1.29, 1.82) is 0 Å². The Morgan fingerprint density at radius 2 is 2.00 bits per heavy atom. The molecule has 3 nitrogen and oxygen atoms in total. The maximum absolute atomic E-state index is 10.7. The van der Waals surface area contributed by atoms with Crippen molar-refractivity contribution in [3.05, 3.63) is 48.0 Å². The number of fused-ring (bicyclic) bond motifs is 1. The average Bonchev–Trinajstić information content (AvgIpc) is 2.96. The fraction of sp³-hybridized carbons (Fsp3) is 0.375. The van der Waals surface area contributed by atoms with Crippen molar-refractivity contribution in [3.63, 3.8) is 0 Å². The minimum atomic E-state index is -0.565. The molecule has 2 aromatic carbocycles. The fourth-order valence-corrected chi connectivity index (χ4v) is 2.84. The molecule has 1 heterocycles. The average molecular weight is 257 g/mol. The van der Waals surface area contributed by atoms with E-state index in [9.17, 15) is 5.11 Å². The predicted molar refractivity (Wildman–Crippen MR) is 75.8 cm³/mol. The molecule has 0 saturated carbocycles. The Morgan fingerprint density at radius 3 is 2.68 bits per heavy atom. The number of hydrogen-bond donors (Lipinski definition) is 2. The third kappa shape index (κ3) is 2.14. The van der Waals surface area contributed by atoms with E-state index in [1.54, 1.807) is 0 Å². The third-order valence-corrected chi connectivity index (χ3v) is 4.21. The molecule has 0 amide bonds. The molecule has 19 heavy (non-hydrogen) atoms. The van der Waals surface area contributed by atoms with Gasteiger partial charge in [0.25, 0.3) is 0 Å². The first-order chi connectivity index (χ1) is 9.25. The van der Waals surface area contributed by atoms with Gasteiger partial charge in [-0.2, -0.15) is 0 Å². The second-order valence-electron chi connectivity index (χ2n) is 5.38. The zero-order valence-corrected chi connectivity index (χ0v) is 10.9. The van der Waals surface area contributed by atoms with Crippen LogP contribution < -0.4 is 5.73 Å². The van der Waals surface area contributed by atoms with Crippen LogP contribution in [0.4, 0.5) is 0 Å². The van der Waals surface area contributed by atoms with Gasteiger partial charge in [0, 0.05) is 18.6 Å². The monoisotopic (exact) mass is 257 g/mol. The maximum Gasteiger partial charge on any atom is 0.0881 e. The van der Waals surface area contributed by atoms with Gasteiger partial charge in [0.05, 0.1) is 12.7 Å². The van der Waals surface area contributed by atoms with E-state index in [4.69, 9.17) is 10.5 Å². The Labute approximate surface area is 113 Å². The number of nitrogens with two attached hydrogens (primary N) is 1. The van der Waals surface area contributed by atoms with Crippen molar-refractivity contribution >= 4 is 10.8 Å². The predicted octanol–water partition coefficient (Wildman–Crippen LogP) is 2.24. The van der Waals surface area contributed by atoms with Crippen LogP contribution in [0.25, 0.3) is 10.8 Å². The molecule has 0 aromatic heterocycles. The van der Waals surface area contributed by atoms with Gasteiger partial charge < -0.3 is 15.6 Å². The Balaban J connectivity index is 1.99. The molecule has 0 radical (unpaired) electrons. The summed E-state index contributed by atoms with van der Waals surface area (Å²) in [6.45, 7) is 1.67. The molecule has 2 unspecified atom stereocenters. The lowest BCUT2D eigenvalue weighted by molar-refractivity contribution is 0.0191. The summed E-state index contributed by atoms with van der Waals surface area (Å²) in [6.07, 6.45) is 0.252. The minimum absolute atomic E-state index is 0.331. The van der Waals surface area contributed by atoms with Crippen LogP contribution in [0, 0.1) is 5.41 Å². The molecule has 1 saturated heterocycles. The summed E-state index contributed by atoms with van der Waals surface area (Å²) in [5.74, 6) is 0. The highest BCUT2D eigenvalue weighted by atomic mass is 16.5. The van der Waals surface area contributed by atoms with Crippen LogP contribution in [0.5, 0.6) is 0 Å². The van der Waals surface area contributed by atoms with Crippen LogP contribution in [0.15, 0.2) is 42.5 Å². The Bertz CT molecular complexity index is 576. The smallest absolute Gasteiger partial charge is 0.0881 e. The van der Waals surface area contributed by atoms with Gasteiger partial charge in [0.2, 0.25) is 0 Å². The van der Waals surface area contributed by atoms with Gasteiger partial charge in [-0.25, -0.2) is 0 Å². The number of aliphatic hydroxyl groups is 1. The highest BCUT2D eigenvalue weighted by molar-refractivity contribution is 5.83. The van der Waals surface area contributed by atoms with E-state index in [1.807, 2.05) is 24.3 Å². The molecule has 2 aromatic rings. The number of hydrogen-bond acceptors (Lipinski definition) is 3. The van der Waals surface area contributed by atoms with E-state index in [-0.39, 0.29) is 5.41 Å². The lowest BCUT2D eigenvalue weighted by Gasteiger charge is -2.31. The van der Waals surface area contributed by atoms with Gasteiger partial charge >= 0.3 is 0 Å². The van der Waals surface area contributed by atoms with Crippen LogP contribution in [-0.4, -0.2) is 24.9 Å². The van der Waals surface area contributed by atoms with E-state index < -0.39 is 6.10 Å². The summed E-state index contributed by atoms with van der Waals surface area (Å²) in [4.78, 5) is 0. The van der Waals surface area contributed by atoms with E-state index in [1.165, 1.54) is 5.39 Å². The minimum Gasteiger partial charge on any atom is -0.388 e. The van der Waals surface area contributed by atoms with E-state index >= 15 is 0 Å². The molecule has 1 fully saturated rings. The van der Waals surface area contributed by atoms with Crippen molar-refractivity contribution in [1.82, 2.24) is 0 Å². The zero-order valence-electron chi connectivity index (χ0n) is 10.9. The number of ether oxygens (including phenoxy) is 1. The van der Waals surface area contributed by atoms with Crippen LogP contribution in [0.3, 0.4) is 0 Å². The van der Waals surface area contributed by atoms with Crippen molar-refractivity contribution < 1.29 is 9.84 Å². The molecule has 2 atom stereocenters. The molecule has 100 valence electrons. The molecule has 0 spiro atoms. The molecule has 3 rings (SSSR count). The van der Waals surface area contributed by atoms with Crippen molar-refractivity contribution in [3.8, 4) is 0 Å². The van der Waals surface area contributed by atoms with E-state index in [0.717, 1.165) is 17.4 Å². The van der Waals surface area contributed by atoms with Crippen molar-refractivity contribution in [2.24, 2.45) is 11.1 Å². The Kier molecular flexibility index (Phi) is 3.27. The van der Waals surface area contributed by atoms with Gasteiger partial charge in [0.15, 0.2) is 0 Å². The lowest BCUT2D eigenvalue weighted by atomic mass is 9.78. The maximum atomic E-state index is 10.7. The summed E-state index contributed by atoms with van der Waals surface area (Å²) in [5.41, 5.74) is 6.47. The number of aliphatic hydroxyl groups excluding tert-OH is 1. The molecule has 0 bridgehead atoms. The summed E-state index contributed by atoms with van der Waals surface area (Å²) >= 11 is 0. The van der Waals surface area contributed by atoms with Gasteiger partial charge in [-0.3, -0.25) is 0 Å². The third-order valence-electron chi connectivity index (χ3n) is 4.21. The summed E-state index contributed by atoms with van der Waals surface area (Å²) < 4.78 is 5.44.